The monoisotopic (exact) mass is 419 g/mol. The molecule has 0 radical (unpaired) electrons. The largest absolute Gasteiger partial charge is 0.496 e. The van der Waals surface area contributed by atoms with Gasteiger partial charge in [-0.3, -0.25) is 4.79 Å². The molecule has 1 amide bonds. The van der Waals surface area contributed by atoms with Crippen LogP contribution in [0.4, 0.5) is 0 Å². The second-order valence-electron chi connectivity index (χ2n) is 5.80. The molecule has 0 heterocycles. The van der Waals surface area contributed by atoms with Crippen molar-refractivity contribution in [2.75, 3.05) is 27.9 Å². The lowest BCUT2D eigenvalue weighted by molar-refractivity contribution is -0.143. The van der Waals surface area contributed by atoms with Gasteiger partial charge in [-0.25, -0.2) is 4.79 Å². The molecule has 0 fully saturated rings. The Morgan fingerprint density at radius 1 is 1.00 bits per heavy atom. The van der Waals surface area contributed by atoms with Crippen molar-refractivity contribution in [1.29, 1.82) is 0 Å². The molecule has 0 aliphatic rings. The average molecular weight is 420 g/mol. The SMILES string of the molecule is COc1cc(OC)c(OC)cc1/C=C/C(=O)OCC(=O)NCc1cccc(Cl)c1. The normalized spacial score (nSPS) is 10.5. The lowest BCUT2D eigenvalue weighted by Crippen LogP contribution is -2.28. The molecule has 2 aromatic rings. The van der Waals surface area contributed by atoms with Crippen molar-refractivity contribution in [3.05, 3.63) is 58.6 Å². The number of esters is 1. The zero-order valence-electron chi connectivity index (χ0n) is 16.4. The molecule has 0 aliphatic carbocycles. The van der Waals surface area contributed by atoms with Gasteiger partial charge in [-0.05, 0) is 29.8 Å². The van der Waals surface area contributed by atoms with Gasteiger partial charge in [-0.2, -0.15) is 0 Å². The van der Waals surface area contributed by atoms with Crippen LogP contribution in [0.1, 0.15) is 11.1 Å². The van der Waals surface area contributed by atoms with Crippen LogP contribution in [0.3, 0.4) is 0 Å². The second kappa shape index (κ2) is 11.0. The van der Waals surface area contributed by atoms with Gasteiger partial charge in [0.15, 0.2) is 18.1 Å². The number of hydrogen-bond acceptors (Lipinski definition) is 6. The average Bonchev–Trinajstić information content (AvgIpc) is 2.74. The van der Waals surface area contributed by atoms with E-state index in [4.69, 9.17) is 30.5 Å². The Labute approximate surface area is 174 Å². The van der Waals surface area contributed by atoms with Gasteiger partial charge in [0.25, 0.3) is 5.91 Å². The lowest BCUT2D eigenvalue weighted by Gasteiger charge is -2.12. The zero-order chi connectivity index (χ0) is 21.2. The number of methoxy groups -OCH3 is 3. The minimum Gasteiger partial charge on any atom is -0.496 e. The summed E-state index contributed by atoms with van der Waals surface area (Å²) < 4.78 is 20.7. The maximum Gasteiger partial charge on any atom is 0.331 e. The third-order valence-corrected chi connectivity index (χ3v) is 4.09. The number of carbonyl (C=O) groups is 2. The fraction of sp³-hybridized carbons (Fsp3) is 0.238. The number of carbonyl (C=O) groups excluding carboxylic acids is 2. The van der Waals surface area contributed by atoms with Gasteiger partial charge < -0.3 is 24.3 Å². The number of halogens is 1. The Bertz CT molecular complexity index is 897. The van der Waals surface area contributed by atoms with E-state index in [0.717, 1.165) is 5.56 Å². The van der Waals surface area contributed by atoms with Gasteiger partial charge in [-0.1, -0.05) is 23.7 Å². The van der Waals surface area contributed by atoms with Crippen molar-refractivity contribution >= 4 is 29.6 Å². The molecule has 0 atom stereocenters. The van der Waals surface area contributed by atoms with Crippen molar-refractivity contribution in [3.8, 4) is 17.2 Å². The first kappa shape index (κ1) is 22.1. The molecule has 0 aliphatic heterocycles. The van der Waals surface area contributed by atoms with Gasteiger partial charge in [0, 0.05) is 29.3 Å². The van der Waals surface area contributed by atoms with Gasteiger partial charge in [0.2, 0.25) is 0 Å². The van der Waals surface area contributed by atoms with Crippen molar-refractivity contribution in [1.82, 2.24) is 5.32 Å². The summed E-state index contributed by atoms with van der Waals surface area (Å²) in [6.45, 7) is -0.109. The molecule has 0 saturated carbocycles. The van der Waals surface area contributed by atoms with E-state index in [2.05, 4.69) is 5.32 Å². The van der Waals surface area contributed by atoms with Crippen LogP contribution in [0.25, 0.3) is 6.08 Å². The van der Waals surface area contributed by atoms with E-state index in [1.165, 1.54) is 33.5 Å². The maximum atomic E-state index is 11.9. The summed E-state index contributed by atoms with van der Waals surface area (Å²) in [5.41, 5.74) is 1.44. The molecule has 0 bridgehead atoms. The molecule has 29 heavy (non-hydrogen) atoms. The number of amides is 1. The number of ether oxygens (including phenoxy) is 4. The summed E-state index contributed by atoms with van der Waals surface area (Å²) in [7, 11) is 4.52. The highest BCUT2D eigenvalue weighted by Gasteiger charge is 2.11. The Morgan fingerprint density at radius 3 is 2.34 bits per heavy atom. The molecule has 2 aromatic carbocycles. The van der Waals surface area contributed by atoms with E-state index in [1.54, 1.807) is 30.3 Å². The summed E-state index contributed by atoms with van der Waals surface area (Å²) in [6.07, 6.45) is 2.71. The fourth-order valence-corrected chi connectivity index (χ4v) is 2.64. The van der Waals surface area contributed by atoms with Crippen molar-refractivity contribution in [2.45, 2.75) is 6.54 Å². The quantitative estimate of drug-likeness (QED) is 0.496. The fourth-order valence-electron chi connectivity index (χ4n) is 2.42. The van der Waals surface area contributed by atoms with Gasteiger partial charge in [0.1, 0.15) is 5.75 Å². The first-order valence-electron chi connectivity index (χ1n) is 8.62. The number of nitrogens with one attached hydrogen (secondary N) is 1. The summed E-state index contributed by atoms with van der Waals surface area (Å²) >= 11 is 5.89. The molecule has 0 spiro atoms. The van der Waals surface area contributed by atoms with E-state index in [1.807, 2.05) is 6.07 Å². The molecular formula is C21H22ClNO6. The molecule has 1 N–H and O–H groups in total. The summed E-state index contributed by atoms with van der Waals surface area (Å²) in [5, 5.41) is 3.23. The third-order valence-electron chi connectivity index (χ3n) is 3.86. The summed E-state index contributed by atoms with van der Waals surface area (Å²) in [6, 6.07) is 10.4. The lowest BCUT2D eigenvalue weighted by atomic mass is 10.1. The van der Waals surface area contributed by atoms with Gasteiger partial charge in [-0.15, -0.1) is 0 Å². The number of rotatable bonds is 9. The van der Waals surface area contributed by atoms with Crippen molar-refractivity contribution in [2.24, 2.45) is 0 Å². The molecule has 2 rings (SSSR count). The van der Waals surface area contributed by atoms with E-state index in [0.29, 0.717) is 27.8 Å². The van der Waals surface area contributed by atoms with Crippen molar-refractivity contribution < 1.29 is 28.5 Å². The molecule has 7 nitrogen and oxygen atoms in total. The first-order valence-corrected chi connectivity index (χ1v) is 9.00. The topological polar surface area (TPSA) is 83.1 Å². The van der Waals surface area contributed by atoms with E-state index in [9.17, 15) is 9.59 Å². The Morgan fingerprint density at radius 2 is 1.69 bits per heavy atom. The third kappa shape index (κ3) is 6.73. The van der Waals surface area contributed by atoms with Crippen LogP contribution in [0, 0.1) is 0 Å². The Balaban J connectivity index is 1.90. The number of benzene rings is 2. The molecule has 0 saturated heterocycles. The van der Waals surface area contributed by atoms with Crippen LogP contribution >= 0.6 is 11.6 Å². The van der Waals surface area contributed by atoms with Crippen LogP contribution in [-0.2, 0) is 20.9 Å². The molecule has 0 unspecified atom stereocenters. The van der Waals surface area contributed by atoms with E-state index in [-0.39, 0.29) is 6.54 Å². The maximum absolute atomic E-state index is 11.9. The van der Waals surface area contributed by atoms with Crippen LogP contribution in [0.15, 0.2) is 42.5 Å². The number of hydrogen-bond donors (Lipinski definition) is 1. The van der Waals surface area contributed by atoms with Gasteiger partial charge >= 0.3 is 5.97 Å². The first-order chi connectivity index (χ1) is 14.0. The van der Waals surface area contributed by atoms with Crippen LogP contribution in [0.5, 0.6) is 17.2 Å². The zero-order valence-corrected chi connectivity index (χ0v) is 17.1. The standard InChI is InChI=1S/C21H22ClNO6/c1-26-17-11-19(28-3)18(27-2)10-15(17)7-8-21(25)29-13-20(24)23-12-14-5-4-6-16(22)9-14/h4-11H,12-13H2,1-3H3,(H,23,24)/b8-7+. The molecule has 154 valence electrons. The Kier molecular flexibility index (Phi) is 8.36. The van der Waals surface area contributed by atoms with Crippen LogP contribution in [0.2, 0.25) is 5.02 Å². The van der Waals surface area contributed by atoms with E-state index >= 15 is 0 Å². The summed E-state index contributed by atoms with van der Waals surface area (Å²) in [5.74, 6) is 0.392. The minimum atomic E-state index is -0.667. The predicted octanol–water partition coefficient (Wildman–Crippen LogP) is 3.24. The molecule has 0 aromatic heterocycles. The highest BCUT2D eigenvalue weighted by molar-refractivity contribution is 6.30. The smallest absolute Gasteiger partial charge is 0.331 e. The van der Waals surface area contributed by atoms with Crippen LogP contribution in [-0.4, -0.2) is 39.8 Å². The molecule has 8 heteroatoms. The van der Waals surface area contributed by atoms with E-state index < -0.39 is 18.5 Å². The van der Waals surface area contributed by atoms with Crippen LogP contribution < -0.4 is 19.5 Å². The summed E-state index contributed by atoms with van der Waals surface area (Å²) in [4.78, 5) is 23.8. The van der Waals surface area contributed by atoms with Gasteiger partial charge in [0.05, 0.1) is 21.3 Å². The minimum absolute atomic E-state index is 0.287. The Hall–Kier alpha value is -3.19. The highest BCUT2D eigenvalue weighted by atomic mass is 35.5. The highest BCUT2D eigenvalue weighted by Crippen LogP contribution is 2.35. The molecular weight excluding hydrogens is 398 g/mol. The predicted molar refractivity (Wildman–Crippen MR) is 109 cm³/mol. The second-order valence-corrected chi connectivity index (χ2v) is 6.23. The van der Waals surface area contributed by atoms with Crippen molar-refractivity contribution in [3.63, 3.8) is 0 Å².